The average Bonchev–Trinajstić information content (AvgIpc) is 3.15. The van der Waals surface area contributed by atoms with Crippen molar-refractivity contribution in [2.24, 2.45) is 0 Å². The summed E-state index contributed by atoms with van der Waals surface area (Å²) in [6.07, 6.45) is 1.52. The minimum absolute atomic E-state index is 0.0733. The van der Waals surface area contributed by atoms with Gasteiger partial charge in [0.15, 0.2) is 5.76 Å². The molecule has 2 aromatic carbocycles. The van der Waals surface area contributed by atoms with Crippen molar-refractivity contribution in [3.63, 3.8) is 0 Å². The van der Waals surface area contributed by atoms with Gasteiger partial charge in [0.05, 0.1) is 13.3 Å². The van der Waals surface area contributed by atoms with Crippen molar-refractivity contribution in [1.29, 1.82) is 0 Å². The van der Waals surface area contributed by atoms with Gasteiger partial charge in [-0.2, -0.15) is 0 Å². The van der Waals surface area contributed by atoms with Gasteiger partial charge in [-0.05, 0) is 23.8 Å². The van der Waals surface area contributed by atoms with Crippen molar-refractivity contribution in [2.45, 2.75) is 11.4 Å². The van der Waals surface area contributed by atoms with E-state index < -0.39 is 10.0 Å². The van der Waals surface area contributed by atoms with E-state index in [4.69, 9.17) is 9.26 Å². The number of ether oxygens (including phenoxy) is 1. The molecule has 0 aliphatic heterocycles. The molecule has 1 aromatic heterocycles. The van der Waals surface area contributed by atoms with Gasteiger partial charge in [0.2, 0.25) is 10.0 Å². The van der Waals surface area contributed by atoms with Crippen molar-refractivity contribution in [2.75, 3.05) is 7.11 Å². The van der Waals surface area contributed by atoms with E-state index in [1.807, 2.05) is 30.3 Å². The predicted molar refractivity (Wildman–Crippen MR) is 89.0 cm³/mol. The molecule has 1 N–H and O–H groups in total. The lowest BCUT2D eigenvalue weighted by Gasteiger charge is -2.11. The highest BCUT2D eigenvalue weighted by molar-refractivity contribution is 7.89. The second-order valence-electron chi connectivity index (χ2n) is 5.05. The van der Waals surface area contributed by atoms with Crippen LogP contribution >= 0.6 is 0 Å². The highest BCUT2D eigenvalue weighted by Gasteiger charge is 2.20. The molecule has 3 rings (SSSR count). The topological polar surface area (TPSA) is 81.4 Å². The highest BCUT2D eigenvalue weighted by atomic mass is 32.2. The van der Waals surface area contributed by atoms with Crippen LogP contribution in [-0.2, 0) is 16.6 Å². The SMILES string of the molecule is COc1cc(-c2ccno2)ccc1S(=O)(=O)NCc1ccccc1. The number of benzene rings is 2. The molecule has 0 atom stereocenters. The Bertz CT molecular complexity index is 907. The van der Waals surface area contributed by atoms with Crippen LogP contribution in [0.25, 0.3) is 11.3 Å². The lowest BCUT2D eigenvalue weighted by Crippen LogP contribution is -2.23. The molecule has 7 heteroatoms. The van der Waals surface area contributed by atoms with Gasteiger partial charge in [-0.3, -0.25) is 0 Å². The van der Waals surface area contributed by atoms with Gasteiger partial charge >= 0.3 is 0 Å². The maximum atomic E-state index is 12.6. The van der Waals surface area contributed by atoms with Crippen LogP contribution in [0.4, 0.5) is 0 Å². The molecule has 0 saturated carbocycles. The van der Waals surface area contributed by atoms with E-state index in [0.29, 0.717) is 11.3 Å². The molecule has 0 unspecified atom stereocenters. The van der Waals surface area contributed by atoms with E-state index in [1.165, 1.54) is 19.4 Å². The monoisotopic (exact) mass is 344 g/mol. The molecule has 0 spiro atoms. The predicted octanol–water partition coefficient (Wildman–Crippen LogP) is 2.83. The Morgan fingerprint density at radius 2 is 1.92 bits per heavy atom. The molecule has 0 aliphatic carbocycles. The van der Waals surface area contributed by atoms with E-state index in [9.17, 15) is 8.42 Å². The average molecular weight is 344 g/mol. The second-order valence-corrected chi connectivity index (χ2v) is 6.79. The lowest BCUT2D eigenvalue weighted by atomic mass is 10.1. The van der Waals surface area contributed by atoms with E-state index >= 15 is 0 Å². The fourth-order valence-corrected chi connectivity index (χ4v) is 3.43. The van der Waals surface area contributed by atoms with Gasteiger partial charge in [0, 0.05) is 18.2 Å². The number of rotatable bonds is 6. The van der Waals surface area contributed by atoms with Crippen LogP contribution in [0.3, 0.4) is 0 Å². The van der Waals surface area contributed by atoms with Gasteiger partial charge in [0.25, 0.3) is 0 Å². The fourth-order valence-electron chi connectivity index (χ4n) is 2.26. The summed E-state index contributed by atoms with van der Waals surface area (Å²) in [7, 11) is -2.28. The van der Waals surface area contributed by atoms with Crippen LogP contribution in [-0.4, -0.2) is 20.7 Å². The summed E-state index contributed by atoms with van der Waals surface area (Å²) in [5, 5.41) is 3.64. The van der Waals surface area contributed by atoms with Crippen LogP contribution in [0.5, 0.6) is 5.75 Å². The molecule has 3 aromatic rings. The Morgan fingerprint density at radius 3 is 2.58 bits per heavy atom. The molecule has 1 heterocycles. The number of hydrogen-bond acceptors (Lipinski definition) is 5. The third-order valence-electron chi connectivity index (χ3n) is 3.48. The summed E-state index contributed by atoms with van der Waals surface area (Å²) in [6.45, 7) is 0.205. The quantitative estimate of drug-likeness (QED) is 0.743. The van der Waals surface area contributed by atoms with Crippen LogP contribution in [0.2, 0.25) is 0 Å². The first kappa shape index (κ1) is 16.2. The second kappa shape index (κ2) is 6.86. The number of hydrogen-bond donors (Lipinski definition) is 1. The van der Waals surface area contributed by atoms with E-state index in [1.54, 1.807) is 18.2 Å². The first-order valence-corrected chi connectivity index (χ1v) is 8.71. The third-order valence-corrected chi connectivity index (χ3v) is 4.93. The molecule has 6 nitrogen and oxygen atoms in total. The molecular formula is C17H16N2O4S. The third kappa shape index (κ3) is 3.47. The van der Waals surface area contributed by atoms with E-state index in [-0.39, 0.29) is 17.2 Å². The minimum atomic E-state index is -3.71. The first-order chi connectivity index (χ1) is 11.6. The maximum absolute atomic E-state index is 12.6. The van der Waals surface area contributed by atoms with Crippen LogP contribution in [0.15, 0.2) is 70.2 Å². The summed E-state index contributed by atoms with van der Waals surface area (Å²) in [5.74, 6) is 0.777. The van der Waals surface area contributed by atoms with Gasteiger partial charge in [-0.15, -0.1) is 0 Å². The summed E-state index contributed by atoms with van der Waals surface area (Å²) >= 11 is 0. The Morgan fingerprint density at radius 1 is 1.12 bits per heavy atom. The Hall–Kier alpha value is -2.64. The standard InChI is InChI=1S/C17H16N2O4S/c1-22-16-11-14(15-9-10-18-23-15)7-8-17(16)24(20,21)19-12-13-5-3-2-4-6-13/h2-11,19H,12H2,1H3. The van der Waals surface area contributed by atoms with Crippen molar-refractivity contribution < 1.29 is 17.7 Å². The summed E-state index contributed by atoms with van der Waals surface area (Å²) in [6, 6.07) is 15.7. The van der Waals surface area contributed by atoms with Crippen LogP contribution in [0.1, 0.15) is 5.56 Å². The molecule has 0 radical (unpaired) electrons. The molecular weight excluding hydrogens is 328 g/mol. The number of methoxy groups -OCH3 is 1. The van der Waals surface area contributed by atoms with Crippen LogP contribution in [0, 0.1) is 0 Å². The van der Waals surface area contributed by atoms with Crippen molar-refractivity contribution >= 4 is 10.0 Å². The Kier molecular flexibility index (Phi) is 4.64. The Labute approximate surface area is 140 Å². The molecule has 0 aliphatic rings. The molecule has 0 saturated heterocycles. The van der Waals surface area contributed by atoms with Crippen molar-refractivity contribution in [3.8, 4) is 17.1 Å². The maximum Gasteiger partial charge on any atom is 0.244 e. The van der Waals surface area contributed by atoms with Gasteiger partial charge in [-0.1, -0.05) is 35.5 Å². The van der Waals surface area contributed by atoms with Crippen molar-refractivity contribution in [1.82, 2.24) is 9.88 Å². The highest BCUT2D eigenvalue weighted by Crippen LogP contribution is 2.30. The molecule has 0 bridgehead atoms. The van der Waals surface area contributed by atoms with E-state index in [0.717, 1.165) is 5.56 Å². The van der Waals surface area contributed by atoms with E-state index in [2.05, 4.69) is 9.88 Å². The number of sulfonamides is 1. The lowest BCUT2D eigenvalue weighted by molar-refractivity contribution is 0.401. The zero-order chi connectivity index (χ0) is 17.0. The number of nitrogens with zero attached hydrogens (tertiary/aromatic N) is 1. The zero-order valence-corrected chi connectivity index (χ0v) is 13.8. The van der Waals surface area contributed by atoms with Gasteiger partial charge in [0.1, 0.15) is 10.6 Å². The smallest absolute Gasteiger partial charge is 0.244 e. The molecule has 24 heavy (non-hydrogen) atoms. The molecule has 0 fully saturated rings. The summed E-state index contributed by atoms with van der Waals surface area (Å²) in [5.41, 5.74) is 1.56. The minimum Gasteiger partial charge on any atom is -0.495 e. The number of nitrogens with one attached hydrogen (secondary N) is 1. The number of aromatic nitrogens is 1. The molecule has 124 valence electrons. The normalized spacial score (nSPS) is 11.4. The van der Waals surface area contributed by atoms with Gasteiger partial charge < -0.3 is 9.26 Å². The largest absolute Gasteiger partial charge is 0.495 e. The summed E-state index contributed by atoms with van der Waals surface area (Å²) < 4.78 is 38.0. The Balaban J connectivity index is 1.87. The van der Waals surface area contributed by atoms with Crippen LogP contribution < -0.4 is 9.46 Å². The fraction of sp³-hybridized carbons (Fsp3) is 0.118. The first-order valence-electron chi connectivity index (χ1n) is 7.23. The van der Waals surface area contributed by atoms with Crippen molar-refractivity contribution in [3.05, 3.63) is 66.4 Å². The molecule has 0 amide bonds. The summed E-state index contributed by atoms with van der Waals surface area (Å²) in [4.78, 5) is 0.0733. The zero-order valence-electron chi connectivity index (χ0n) is 13.0. The van der Waals surface area contributed by atoms with Gasteiger partial charge in [-0.25, -0.2) is 13.1 Å².